The van der Waals surface area contributed by atoms with Gasteiger partial charge in [-0.3, -0.25) is 9.89 Å². The molecule has 0 unspecified atom stereocenters. The quantitative estimate of drug-likeness (QED) is 0.324. The van der Waals surface area contributed by atoms with E-state index in [1.165, 1.54) is 6.07 Å². The van der Waals surface area contributed by atoms with Crippen LogP contribution in [0.4, 0.5) is 10.1 Å². The predicted molar refractivity (Wildman–Crippen MR) is 127 cm³/mol. The summed E-state index contributed by atoms with van der Waals surface area (Å²) in [6.45, 7) is 7.14. The van der Waals surface area contributed by atoms with Gasteiger partial charge in [-0.05, 0) is 42.5 Å². The number of aromatic nitrogens is 4. The Hall–Kier alpha value is -4.48. The Morgan fingerprint density at radius 1 is 1.15 bits per heavy atom. The average molecular weight is 471 g/mol. The van der Waals surface area contributed by atoms with Crippen LogP contribution in [0.1, 0.15) is 15.9 Å². The number of carbonyl (C=O) groups excluding carboxylic acids is 1. The van der Waals surface area contributed by atoms with Gasteiger partial charge in [0, 0.05) is 39.8 Å². The van der Waals surface area contributed by atoms with Crippen molar-refractivity contribution < 1.29 is 9.18 Å². The lowest BCUT2D eigenvalue weighted by molar-refractivity contribution is 0.0950. The summed E-state index contributed by atoms with van der Waals surface area (Å²) >= 11 is 6.12. The minimum atomic E-state index is -0.454. The van der Waals surface area contributed by atoms with E-state index in [1.54, 1.807) is 71.7 Å². The Morgan fingerprint density at radius 2 is 2.03 bits per heavy atom. The molecule has 0 radical (unpaired) electrons. The molecular weight excluding hydrogens is 455 g/mol. The van der Waals surface area contributed by atoms with Crippen LogP contribution in [-0.4, -0.2) is 25.9 Å². The number of fused-ring (bicyclic) bond motifs is 1. The lowest BCUT2D eigenvalue weighted by Crippen LogP contribution is -2.23. The van der Waals surface area contributed by atoms with Crippen LogP contribution in [0, 0.1) is 12.4 Å². The summed E-state index contributed by atoms with van der Waals surface area (Å²) in [4.78, 5) is 15.8. The normalized spacial score (nSPS) is 10.9. The first kappa shape index (κ1) is 21.4. The predicted octanol–water partition coefficient (Wildman–Crippen LogP) is 5.69. The van der Waals surface area contributed by atoms with Crippen molar-refractivity contribution in [2.45, 2.75) is 6.54 Å². The molecule has 0 aliphatic rings. The third kappa shape index (κ3) is 4.12. The number of nitrogens with one attached hydrogen (secondary N) is 2. The number of nitrogens with zero attached hydrogens (tertiary/aromatic N) is 4. The maximum atomic E-state index is 14.8. The fourth-order valence-corrected chi connectivity index (χ4v) is 3.79. The van der Waals surface area contributed by atoms with Gasteiger partial charge in [0.15, 0.2) is 0 Å². The van der Waals surface area contributed by atoms with Gasteiger partial charge in [-0.15, -0.1) is 0 Å². The Morgan fingerprint density at radius 3 is 2.82 bits per heavy atom. The van der Waals surface area contributed by atoms with Crippen LogP contribution in [0.25, 0.3) is 32.7 Å². The molecule has 2 heterocycles. The minimum absolute atomic E-state index is 0.0463. The highest BCUT2D eigenvalue weighted by Gasteiger charge is 2.12. The Bertz CT molecular complexity index is 1580. The summed E-state index contributed by atoms with van der Waals surface area (Å²) < 4.78 is 16.3. The van der Waals surface area contributed by atoms with Gasteiger partial charge in [-0.1, -0.05) is 29.8 Å². The van der Waals surface area contributed by atoms with Crippen LogP contribution < -0.4 is 5.32 Å². The molecule has 0 aliphatic carbocycles. The van der Waals surface area contributed by atoms with Crippen molar-refractivity contribution in [3.63, 3.8) is 0 Å². The molecule has 2 aromatic heterocycles. The third-order valence-electron chi connectivity index (χ3n) is 5.40. The monoisotopic (exact) mass is 470 g/mol. The first-order valence-corrected chi connectivity index (χ1v) is 10.6. The van der Waals surface area contributed by atoms with Crippen molar-refractivity contribution >= 4 is 34.1 Å². The molecule has 1 amide bonds. The van der Waals surface area contributed by atoms with E-state index in [0.29, 0.717) is 33.2 Å². The lowest BCUT2D eigenvalue weighted by Gasteiger charge is -2.09. The number of halogens is 2. The summed E-state index contributed by atoms with van der Waals surface area (Å²) in [5.74, 6) is -0.754. The topological polar surface area (TPSA) is 80.0 Å². The molecule has 0 fully saturated rings. The first-order chi connectivity index (χ1) is 16.5. The number of amides is 1. The van der Waals surface area contributed by atoms with Gasteiger partial charge < -0.3 is 5.32 Å². The summed E-state index contributed by atoms with van der Waals surface area (Å²) in [7, 11) is 0. The number of hydrogen-bond donors (Lipinski definition) is 2. The summed E-state index contributed by atoms with van der Waals surface area (Å²) in [5.41, 5.74) is 3.97. The molecule has 5 aromatic rings. The van der Waals surface area contributed by atoms with Crippen molar-refractivity contribution in [3.05, 3.63) is 106 Å². The molecule has 0 spiro atoms. The molecule has 0 saturated carbocycles. The van der Waals surface area contributed by atoms with Crippen LogP contribution >= 0.6 is 11.6 Å². The number of benzene rings is 3. The van der Waals surface area contributed by atoms with Crippen molar-refractivity contribution in [1.29, 1.82) is 0 Å². The first-order valence-electron chi connectivity index (χ1n) is 10.2. The standard InChI is InChI=1S/C25H16ClFN6O/c1-28-24-7-3-15(11-20(24)26)23-8-9-33(32-23)19-5-2-17(21(27)12-19)13-29-25(34)16-4-6-22-18(10-16)14-30-31-22/h2-12,14H,13H2,(H,29,34)(H,30,31). The van der Waals surface area contributed by atoms with Gasteiger partial charge in [0.25, 0.3) is 5.91 Å². The minimum Gasteiger partial charge on any atom is -0.348 e. The van der Waals surface area contributed by atoms with E-state index in [4.69, 9.17) is 18.2 Å². The molecule has 9 heteroatoms. The van der Waals surface area contributed by atoms with E-state index < -0.39 is 5.82 Å². The fourth-order valence-electron chi connectivity index (χ4n) is 3.56. The summed E-state index contributed by atoms with van der Waals surface area (Å²) in [6, 6.07) is 16.8. The highest BCUT2D eigenvalue weighted by atomic mass is 35.5. The van der Waals surface area contributed by atoms with Crippen molar-refractivity contribution in [3.8, 4) is 16.9 Å². The van der Waals surface area contributed by atoms with Gasteiger partial charge in [-0.2, -0.15) is 10.2 Å². The van der Waals surface area contributed by atoms with E-state index in [0.717, 1.165) is 16.5 Å². The van der Waals surface area contributed by atoms with Gasteiger partial charge >= 0.3 is 0 Å². The second-order valence-electron chi connectivity index (χ2n) is 7.55. The van der Waals surface area contributed by atoms with Crippen molar-refractivity contribution in [1.82, 2.24) is 25.3 Å². The number of aromatic amines is 1. The maximum Gasteiger partial charge on any atom is 0.251 e. The van der Waals surface area contributed by atoms with E-state index in [1.807, 2.05) is 0 Å². The highest BCUT2D eigenvalue weighted by Crippen LogP contribution is 2.30. The molecular formula is C25H16ClFN6O. The SMILES string of the molecule is [C-]#[N+]c1ccc(-c2ccn(-c3ccc(CNC(=O)c4ccc5[nH]ncc5c4)c(F)c3)n2)cc1Cl. The maximum absolute atomic E-state index is 14.8. The number of H-pyrrole nitrogens is 1. The number of carbonyl (C=O) groups is 1. The van der Waals surface area contributed by atoms with E-state index in [2.05, 4.69) is 25.5 Å². The zero-order valence-corrected chi connectivity index (χ0v) is 18.3. The Balaban J connectivity index is 1.29. The smallest absolute Gasteiger partial charge is 0.251 e. The van der Waals surface area contributed by atoms with E-state index >= 15 is 0 Å². The molecule has 0 saturated heterocycles. The van der Waals surface area contributed by atoms with Crippen LogP contribution in [0.15, 0.2) is 73.1 Å². The molecule has 3 aromatic carbocycles. The molecule has 0 aliphatic heterocycles. The number of hydrogen-bond acceptors (Lipinski definition) is 3. The van der Waals surface area contributed by atoms with Gasteiger partial charge in [-0.25, -0.2) is 13.9 Å². The van der Waals surface area contributed by atoms with E-state index in [-0.39, 0.29) is 12.5 Å². The van der Waals surface area contributed by atoms with Crippen molar-refractivity contribution in [2.24, 2.45) is 0 Å². The molecule has 7 nitrogen and oxygen atoms in total. The largest absolute Gasteiger partial charge is 0.348 e. The van der Waals surface area contributed by atoms with Gasteiger partial charge in [0.2, 0.25) is 5.69 Å². The molecule has 34 heavy (non-hydrogen) atoms. The van der Waals surface area contributed by atoms with Crippen LogP contribution in [-0.2, 0) is 6.54 Å². The lowest BCUT2D eigenvalue weighted by atomic mass is 10.1. The molecule has 0 bridgehead atoms. The summed E-state index contributed by atoms with van der Waals surface area (Å²) in [6.07, 6.45) is 3.36. The van der Waals surface area contributed by atoms with E-state index in [9.17, 15) is 9.18 Å². The average Bonchev–Trinajstić information content (AvgIpc) is 3.52. The third-order valence-corrected chi connectivity index (χ3v) is 5.70. The fraction of sp³-hybridized carbons (Fsp3) is 0.0400. The van der Waals surface area contributed by atoms with Gasteiger partial charge in [0.05, 0.1) is 29.7 Å². The Labute approximate surface area is 198 Å². The molecule has 2 N–H and O–H groups in total. The number of rotatable bonds is 5. The second-order valence-corrected chi connectivity index (χ2v) is 7.96. The van der Waals surface area contributed by atoms with Gasteiger partial charge in [0.1, 0.15) is 5.82 Å². The molecule has 5 rings (SSSR count). The summed E-state index contributed by atoms with van der Waals surface area (Å²) in [5, 5.41) is 15.2. The van der Waals surface area contributed by atoms with Crippen LogP contribution in [0.3, 0.4) is 0 Å². The molecule has 0 atom stereocenters. The zero-order valence-electron chi connectivity index (χ0n) is 17.6. The van der Waals surface area contributed by atoms with Crippen LogP contribution in [0.2, 0.25) is 5.02 Å². The highest BCUT2D eigenvalue weighted by molar-refractivity contribution is 6.33. The Kier molecular flexibility index (Phi) is 5.54. The molecule has 166 valence electrons. The van der Waals surface area contributed by atoms with Crippen LogP contribution in [0.5, 0.6) is 0 Å². The second kappa shape index (κ2) is 8.81. The van der Waals surface area contributed by atoms with Crippen molar-refractivity contribution in [2.75, 3.05) is 0 Å². The zero-order chi connectivity index (χ0) is 23.7.